The normalized spacial score (nSPS) is 14.9. The lowest BCUT2D eigenvalue weighted by Gasteiger charge is -2.27. The molecule has 0 radical (unpaired) electrons. The van der Waals surface area contributed by atoms with E-state index in [1.165, 1.54) is 38.2 Å². The van der Waals surface area contributed by atoms with E-state index in [9.17, 15) is 18.3 Å². The van der Waals surface area contributed by atoms with E-state index < -0.39 is 28.1 Å². The van der Waals surface area contributed by atoms with Gasteiger partial charge >= 0.3 is 5.97 Å². The number of hydrogen-bond acceptors (Lipinski definition) is 5. The van der Waals surface area contributed by atoms with Crippen LogP contribution in [0.15, 0.2) is 29.2 Å². The van der Waals surface area contributed by atoms with Gasteiger partial charge in [0.05, 0.1) is 18.1 Å². The summed E-state index contributed by atoms with van der Waals surface area (Å²) in [5.41, 5.74) is 0. The number of nitrogens with zero attached hydrogens (tertiary/aromatic N) is 1. The van der Waals surface area contributed by atoms with E-state index in [2.05, 4.69) is 4.74 Å². The number of carbonyl (C=O) groups is 1. The molecule has 0 bridgehead atoms. The number of ether oxygens (including phenoxy) is 1. The smallest absolute Gasteiger partial charge is 0.326 e. The van der Waals surface area contributed by atoms with Crippen molar-refractivity contribution in [2.75, 3.05) is 14.2 Å². The molecule has 0 saturated heterocycles. The molecule has 1 rings (SSSR count). The molecule has 1 N–H and O–H groups in total. The minimum atomic E-state index is -3.94. The number of rotatable bonds is 5. The lowest BCUT2D eigenvalue weighted by molar-refractivity contribution is -0.148. The Kier molecular flexibility index (Phi) is 5.52. The van der Waals surface area contributed by atoms with Crippen LogP contribution in [-0.2, 0) is 19.6 Å². The molecule has 0 aromatic heterocycles. The predicted molar refractivity (Wildman–Crippen MR) is 73.9 cm³/mol. The van der Waals surface area contributed by atoms with Crippen LogP contribution >= 0.6 is 11.6 Å². The van der Waals surface area contributed by atoms with Crippen molar-refractivity contribution in [3.8, 4) is 0 Å². The molecule has 20 heavy (non-hydrogen) atoms. The Morgan fingerprint density at radius 2 is 1.85 bits per heavy atom. The number of hydrogen-bond donors (Lipinski definition) is 1. The molecule has 1 aromatic carbocycles. The molecule has 2 atom stereocenters. The van der Waals surface area contributed by atoms with Gasteiger partial charge in [-0.2, -0.15) is 4.31 Å². The molecule has 0 heterocycles. The van der Waals surface area contributed by atoms with Gasteiger partial charge in [-0.15, -0.1) is 0 Å². The fourth-order valence-electron chi connectivity index (χ4n) is 1.69. The van der Waals surface area contributed by atoms with Crippen LogP contribution in [-0.4, -0.2) is 50.1 Å². The average molecular weight is 322 g/mol. The SMILES string of the molecule is COC(=O)[C@H](C(C)O)N(C)S(=O)(=O)c1ccc(Cl)cc1. The number of likely N-dealkylation sites (N-methyl/N-ethyl adjacent to an activating group) is 1. The first-order valence-corrected chi connectivity index (χ1v) is 7.53. The zero-order valence-electron chi connectivity index (χ0n) is 11.3. The minimum Gasteiger partial charge on any atom is -0.468 e. The fraction of sp³-hybridized carbons (Fsp3) is 0.417. The quantitative estimate of drug-likeness (QED) is 0.814. The van der Waals surface area contributed by atoms with Crippen LogP contribution < -0.4 is 0 Å². The summed E-state index contributed by atoms with van der Waals surface area (Å²) < 4.78 is 30.1. The van der Waals surface area contributed by atoms with Crippen molar-refractivity contribution in [3.63, 3.8) is 0 Å². The van der Waals surface area contributed by atoms with Crippen LogP contribution in [0.4, 0.5) is 0 Å². The topological polar surface area (TPSA) is 83.9 Å². The molecule has 0 fully saturated rings. The molecular weight excluding hydrogens is 306 g/mol. The molecule has 112 valence electrons. The van der Waals surface area contributed by atoms with Gasteiger partial charge in [-0.3, -0.25) is 4.79 Å². The molecule has 0 aliphatic carbocycles. The first-order valence-electron chi connectivity index (χ1n) is 5.71. The maximum Gasteiger partial charge on any atom is 0.326 e. The van der Waals surface area contributed by atoms with E-state index in [1.807, 2.05) is 0 Å². The maximum atomic E-state index is 12.4. The van der Waals surface area contributed by atoms with E-state index in [4.69, 9.17) is 11.6 Å². The Balaban J connectivity index is 3.19. The third-order valence-electron chi connectivity index (χ3n) is 2.78. The summed E-state index contributed by atoms with van der Waals surface area (Å²) in [4.78, 5) is 11.6. The summed E-state index contributed by atoms with van der Waals surface area (Å²) >= 11 is 5.70. The third-order valence-corrected chi connectivity index (χ3v) is 4.89. The summed E-state index contributed by atoms with van der Waals surface area (Å²) in [6, 6.07) is 4.19. The van der Waals surface area contributed by atoms with Gasteiger partial charge in [0.25, 0.3) is 0 Å². The van der Waals surface area contributed by atoms with Gasteiger partial charge in [-0.25, -0.2) is 8.42 Å². The summed E-state index contributed by atoms with van der Waals surface area (Å²) in [7, 11) is -1.61. The molecule has 0 amide bonds. The second kappa shape index (κ2) is 6.53. The molecule has 1 unspecified atom stereocenters. The molecule has 0 saturated carbocycles. The predicted octanol–water partition coefficient (Wildman–Crippen LogP) is 0.883. The summed E-state index contributed by atoms with van der Waals surface area (Å²) in [5, 5.41) is 10.0. The summed E-state index contributed by atoms with van der Waals surface area (Å²) in [6.45, 7) is 1.31. The highest BCUT2D eigenvalue weighted by molar-refractivity contribution is 7.89. The van der Waals surface area contributed by atoms with Crippen LogP contribution in [0.3, 0.4) is 0 Å². The maximum absolute atomic E-state index is 12.4. The number of halogens is 1. The van der Waals surface area contributed by atoms with E-state index >= 15 is 0 Å². The van der Waals surface area contributed by atoms with E-state index in [1.54, 1.807) is 0 Å². The summed E-state index contributed by atoms with van der Waals surface area (Å²) in [6.07, 6.45) is -1.21. The van der Waals surface area contributed by atoms with Gasteiger partial charge < -0.3 is 9.84 Å². The van der Waals surface area contributed by atoms with E-state index in [0.717, 1.165) is 11.4 Å². The first kappa shape index (κ1) is 16.9. The van der Waals surface area contributed by atoms with E-state index in [0.29, 0.717) is 5.02 Å². The van der Waals surface area contributed by atoms with Crippen molar-refractivity contribution in [2.45, 2.75) is 24.0 Å². The van der Waals surface area contributed by atoms with Crippen LogP contribution in [0, 0.1) is 0 Å². The number of aliphatic hydroxyl groups excluding tert-OH is 1. The lowest BCUT2D eigenvalue weighted by Crippen LogP contribution is -2.49. The standard InChI is InChI=1S/C12H16ClNO5S/c1-8(15)11(12(16)19-3)14(2)20(17,18)10-6-4-9(13)5-7-10/h4-8,11,15H,1-3H3/t8?,11-/m0/s1. The zero-order chi connectivity index (χ0) is 15.5. The van der Waals surface area contributed by atoms with Gasteiger partial charge in [0, 0.05) is 12.1 Å². The van der Waals surface area contributed by atoms with Crippen LogP contribution in [0.2, 0.25) is 5.02 Å². The molecule has 0 spiro atoms. The number of methoxy groups -OCH3 is 1. The Morgan fingerprint density at radius 3 is 2.25 bits per heavy atom. The second-order valence-electron chi connectivity index (χ2n) is 4.18. The van der Waals surface area contributed by atoms with Crippen LogP contribution in [0.25, 0.3) is 0 Å². The third kappa shape index (κ3) is 3.49. The monoisotopic (exact) mass is 321 g/mol. The van der Waals surface area contributed by atoms with Crippen molar-refractivity contribution in [1.82, 2.24) is 4.31 Å². The van der Waals surface area contributed by atoms with Crippen LogP contribution in [0.1, 0.15) is 6.92 Å². The van der Waals surface area contributed by atoms with Gasteiger partial charge in [-0.1, -0.05) is 11.6 Å². The average Bonchev–Trinajstić information content (AvgIpc) is 2.38. The van der Waals surface area contributed by atoms with Crippen molar-refractivity contribution in [3.05, 3.63) is 29.3 Å². The van der Waals surface area contributed by atoms with Gasteiger partial charge in [0.2, 0.25) is 10.0 Å². The Labute approximate surface area is 123 Å². The summed E-state index contributed by atoms with van der Waals surface area (Å²) in [5.74, 6) is -0.833. The Morgan fingerprint density at radius 1 is 1.35 bits per heavy atom. The Bertz CT molecular complexity index is 570. The number of benzene rings is 1. The number of carbonyl (C=O) groups excluding carboxylic acids is 1. The van der Waals surface area contributed by atoms with Crippen molar-refractivity contribution >= 4 is 27.6 Å². The first-order chi connectivity index (χ1) is 9.21. The number of esters is 1. The highest BCUT2D eigenvalue weighted by Crippen LogP contribution is 2.20. The van der Waals surface area contributed by atoms with Crippen LogP contribution in [0.5, 0.6) is 0 Å². The molecule has 1 aromatic rings. The number of aliphatic hydroxyl groups is 1. The minimum absolute atomic E-state index is 0.0287. The van der Waals surface area contributed by atoms with E-state index in [-0.39, 0.29) is 4.90 Å². The zero-order valence-corrected chi connectivity index (χ0v) is 12.9. The van der Waals surface area contributed by atoms with Gasteiger partial charge in [0.1, 0.15) is 6.04 Å². The Hall–Kier alpha value is -1.15. The molecular formula is C12H16ClNO5S. The lowest BCUT2D eigenvalue weighted by atomic mass is 10.2. The molecule has 8 heteroatoms. The largest absolute Gasteiger partial charge is 0.468 e. The fourth-order valence-corrected chi connectivity index (χ4v) is 3.19. The second-order valence-corrected chi connectivity index (χ2v) is 6.62. The molecule has 6 nitrogen and oxygen atoms in total. The number of sulfonamides is 1. The molecule has 0 aliphatic heterocycles. The van der Waals surface area contributed by atoms with Crippen molar-refractivity contribution in [1.29, 1.82) is 0 Å². The van der Waals surface area contributed by atoms with Gasteiger partial charge in [0.15, 0.2) is 0 Å². The van der Waals surface area contributed by atoms with Crippen molar-refractivity contribution < 1.29 is 23.1 Å². The highest BCUT2D eigenvalue weighted by Gasteiger charge is 2.36. The van der Waals surface area contributed by atoms with Crippen molar-refractivity contribution in [2.24, 2.45) is 0 Å². The van der Waals surface area contributed by atoms with Gasteiger partial charge in [-0.05, 0) is 31.2 Å². The highest BCUT2D eigenvalue weighted by atomic mass is 35.5. The molecule has 0 aliphatic rings.